The Morgan fingerprint density at radius 2 is 0.481 bits per heavy atom. The molecule has 0 aliphatic heterocycles. The normalized spacial score (nSPS) is 12.8. The Hall–Kier alpha value is -3.93. The van der Waals surface area contributed by atoms with Crippen LogP contribution in [0.4, 0.5) is 0 Å². The highest BCUT2D eigenvalue weighted by molar-refractivity contribution is 5.71. The molecule has 0 bridgehead atoms. The molecule has 0 spiro atoms. The van der Waals surface area contributed by atoms with E-state index in [1.807, 2.05) is 0 Å². The van der Waals surface area contributed by atoms with E-state index < -0.39 is 6.10 Å². The minimum absolute atomic E-state index is 0.0857. The maximum Gasteiger partial charge on any atom is 0.306 e. The van der Waals surface area contributed by atoms with Gasteiger partial charge in [0.25, 0.3) is 0 Å². The summed E-state index contributed by atoms with van der Waals surface area (Å²) in [5.74, 6) is -0.913. The average Bonchev–Trinajstić information content (AvgIpc) is 3.47. The summed E-state index contributed by atoms with van der Waals surface area (Å²) in [5, 5.41) is 0. The van der Waals surface area contributed by atoms with Crippen LogP contribution in [0.3, 0.4) is 0 Å². The summed E-state index contributed by atoms with van der Waals surface area (Å²) in [6.07, 6.45) is 94.2. The molecule has 0 aliphatic carbocycles. The first-order valence-electron chi connectivity index (χ1n) is 34.4. The van der Waals surface area contributed by atoms with Crippen LogP contribution in [-0.4, -0.2) is 37.2 Å². The van der Waals surface area contributed by atoms with Gasteiger partial charge < -0.3 is 14.2 Å². The summed E-state index contributed by atoms with van der Waals surface area (Å²) in [7, 11) is 0. The average molecular weight is 1130 g/mol. The fourth-order valence-electron chi connectivity index (χ4n) is 9.67. The molecule has 81 heavy (non-hydrogen) atoms. The summed E-state index contributed by atoms with van der Waals surface area (Å²) < 4.78 is 16.9. The van der Waals surface area contributed by atoms with E-state index in [2.05, 4.69) is 130 Å². The van der Waals surface area contributed by atoms with Crippen molar-refractivity contribution in [1.82, 2.24) is 0 Å². The number of ether oxygens (including phenoxy) is 3. The van der Waals surface area contributed by atoms with Crippen LogP contribution in [0, 0.1) is 0 Å². The van der Waals surface area contributed by atoms with Gasteiger partial charge in [-0.05, 0) is 89.9 Å². The Morgan fingerprint density at radius 1 is 0.259 bits per heavy atom. The molecule has 6 heteroatoms. The quantitative estimate of drug-likeness (QED) is 0.0261. The topological polar surface area (TPSA) is 78.9 Å². The van der Waals surface area contributed by atoms with E-state index in [-0.39, 0.29) is 31.1 Å². The number of rotatable bonds is 62. The van der Waals surface area contributed by atoms with Crippen molar-refractivity contribution >= 4 is 17.9 Å². The van der Waals surface area contributed by atoms with Crippen molar-refractivity contribution in [2.75, 3.05) is 13.2 Å². The van der Waals surface area contributed by atoms with E-state index in [4.69, 9.17) is 14.2 Å². The number of esters is 3. The lowest BCUT2D eigenvalue weighted by atomic mass is 10.0. The van der Waals surface area contributed by atoms with Gasteiger partial charge in [-0.1, -0.05) is 329 Å². The van der Waals surface area contributed by atoms with Gasteiger partial charge in [0, 0.05) is 19.3 Å². The zero-order chi connectivity index (χ0) is 58.5. The third-order valence-electron chi connectivity index (χ3n) is 14.8. The SMILES string of the molecule is CC/C=C\C/C=C\C/C=C\C/C=C\C/C=C\C/C=C\C/C=C\C/C=C\C/C=C\CCCCCC(=O)OCC(COC(=O)CCCCCCCCCC)OC(=O)CCCCCCCCCCCCCCCCCCCCCCCCCC. The van der Waals surface area contributed by atoms with E-state index in [1.54, 1.807) is 0 Å². The van der Waals surface area contributed by atoms with Gasteiger partial charge in [0.15, 0.2) is 6.10 Å². The van der Waals surface area contributed by atoms with E-state index in [1.165, 1.54) is 167 Å². The summed E-state index contributed by atoms with van der Waals surface area (Å²) in [6, 6.07) is 0. The van der Waals surface area contributed by atoms with Crippen LogP contribution < -0.4 is 0 Å². The van der Waals surface area contributed by atoms with Gasteiger partial charge in [-0.3, -0.25) is 14.4 Å². The van der Waals surface area contributed by atoms with Gasteiger partial charge in [0.1, 0.15) is 13.2 Å². The molecule has 0 rings (SSSR count). The van der Waals surface area contributed by atoms with Crippen molar-refractivity contribution in [3.05, 3.63) is 109 Å². The molecule has 0 N–H and O–H groups in total. The van der Waals surface area contributed by atoms with Crippen molar-refractivity contribution in [3.8, 4) is 0 Å². The maximum atomic E-state index is 12.9. The molecule has 0 aliphatic rings. The second-order valence-electron chi connectivity index (χ2n) is 22.7. The van der Waals surface area contributed by atoms with E-state index in [0.29, 0.717) is 19.3 Å². The molecule has 6 nitrogen and oxygen atoms in total. The number of unbranched alkanes of at least 4 members (excludes halogenated alkanes) is 33. The summed E-state index contributed by atoms with van der Waals surface area (Å²) in [5.41, 5.74) is 0. The molecule has 0 saturated carbocycles. The molecule has 0 aromatic heterocycles. The van der Waals surface area contributed by atoms with Crippen molar-refractivity contribution in [2.45, 2.75) is 335 Å². The predicted octanol–water partition coefficient (Wildman–Crippen LogP) is 23.8. The van der Waals surface area contributed by atoms with Crippen LogP contribution in [0.25, 0.3) is 0 Å². The summed E-state index contributed by atoms with van der Waals surface area (Å²) in [4.78, 5) is 38.2. The van der Waals surface area contributed by atoms with E-state index >= 15 is 0 Å². The molecule has 1 atom stereocenters. The Labute approximate surface area is 501 Å². The van der Waals surface area contributed by atoms with Crippen molar-refractivity contribution in [3.63, 3.8) is 0 Å². The highest BCUT2D eigenvalue weighted by Crippen LogP contribution is 2.17. The molecule has 0 amide bonds. The van der Waals surface area contributed by atoms with E-state index in [0.717, 1.165) is 122 Å². The molecule has 464 valence electrons. The minimum Gasteiger partial charge on any atom is -0.462 e. The molecular formula is C75H128O6. The van der Waals surface area contributed by atoms with E-state index in [9.17, 15) is 14.4 Å². The van der Waals surface area contributed by atoms with Gasteiger partial charge >= 0.3 is 17.9 Å². The van der Waals surface area contributed by atoms with Crippen LogP contribution in [0.5, 0.6) is 0 Å². The standard InChI is InChI=1S/C75H128O6/c1-4-7-10-13-16-19-21-23-25-27-29-31-33-35-36-37-38-39-40-41-43-44-46-48-50-52-54-56-59-62-65-68-74(77)80-71-72(70-79-73(76)67-64-61-58-18-15-12-9-6-3)81-75(78)69-66-63-60-57-55-53-51-49-47-45-42-34-32-30-28-26-24-22-20-17-14-11-8-5-2/h7,10,16,19,23,25,29,31,35-36,38-39,41,43,46,48,52,54,72H,4-6,8-9,11-15,17-18,20-22,24,26-28,30,32-34,37,40,42,44-45,47,49-51,53,55-71H2,1-3H3/b10-7-,19-16-,25-23-,31-29-,36-35-,39-38-,43-41-,48-46-,54-52-. The van der Waals surface area contributed by atoms with Crippen LogP contribution in [0.2, 0.25) is 0 Å². The molecule has 0 saturated heterocycles. The first-order chi connectivity index (χ1) is 40.0. The molecule has 1 unspecified atom stereocenters. The van der Waals surface area contributed by atoms with Crippen molar-refractivity contribution in [2.24, 2.45) is 0 Å². The third-order valence-corrected chi connectivity index (χ3v) is 14.8. The Bertz CT molecular complexity index is 1620. The molecule has 0 radical (unpaired) electrons. The second-order valence-corrected chi connectivity index (χ2v) is 22.7. The molecule has 0 fully saturated rings. The number of hydrogen-bond donors (Lipinski definition) is 0. The van der Waals surface area contributed by atoms with Crippen LogP contribution in [-0.2, 0) is 28.6 Å². The molecular weight excluding hydrogens is 997 g/mol. The molecule has 0 heterocycles. The lowest BCUT2D eigenvalue weighted by Crippen LogP contribution is -2.30. The number of carbonyl (C=O) groups is 3. The monoisotopic (exact) mass is 1120 g/mol. The van der Waals surface area contributed by atoms with Crippen LogP contribution >= 0.6 is 0 Å². The van der Waals surface area contributed by atoms with Gasteiger partial charge in [0.2, 0.25) is 0 Å². The largest absolute Gasteiger partial charge is 0.462 e. The van der Waals surface area contributed by atoms with Gasteiger partial charge in [-0.2, -0.15) is 0 Å². The Morgan fingerprint density at radius 3 is 0.753 bits per heavy atom. The lowest BCUT2D eigenvalue weighted by molar-refractivity contribution is -0.167. The number of allylic oxidation sites excluding steroid dienone is 18. The van der Waals surface area contributed by atoms with Crippen molar-refractivity contribution in [1.29, 1.82) is 0 Å². The highest BCUT2D eigenvalue weighted by Gasteiger charge is 2.19. The van der Waals surface area contributed by atoms with Crippen LogP contribution in [0.1, 0.15) is 329 Å². The Kier molecular flexibility index (Phi) is 65.2. The fraction of sp³-hybridized carbons (Fsp3) is 0.720. The Balaban J connectivity index is 4.22. The number of hydrogen-bond acceptors (Lipinski definition) is 6. The smallest absolute Gasteiger partial charge is 0.306 e. The zero-order valence-corrected chi connectivity index (χ0v) is 53.3. The maximum absolute atomic E-state index is 12.9. The highest BCUT2D eigenvalue weighted by atomic mass is 16.6. The molecule has 0 aromatic carbocycles. The lowest BCUT2D eigenvalue weighted by Gasteiger charge is -2.18. The van der Waals surface area contributed by atoms with Gasteiger partial charge in [-0.15, -0.1) is 0 Å². The fourth-order valence-corrected chi connectivity index (χ4v) is 9.67. The number of carbonyl (C=O) groups excluding carboxylic acids is 3. The van der Waals surface area contributed by atoms with Gasteiger partial charge in [-0.25, -0.2) is 0 Å². The first kappa shape index (κ1) is 77.1. The minimum atomic E-state index is -0.790. The predicted molar refractivity (Wildman–Crippen MR) is 353 cm³/mol. The molecule has 0 aromatic rings. The third kappa shape index (κ3) is 66.8. The summed E-state index contributed by atoms with van der Waals surface area (Å²) in [6.45, 7) is 6.50. The zero-order valence-electron chi connectivity index (χ0n) is 53.3. The first-order valence-corrected chi connectivity index (χ1v) is 34.4. The summed E-state index contributed by atoms with van der Waals surface area (Å²) >= 11 is 0. The second kappa shape index (κ2) is 68.6. The van der Waals surface area contributed by atoms with Crippen LogP contribution in [0.15, 0.2) is 109 Å². The van der Waals surface area contributed by atoms with Crippen molar-refractivity contribution < 1.29 is 28.6 Å². The van der Waals surface area contributed by atoms with Gasteiger partial charge in [0.05, 0.1) is 0 Å².